The fourth-order valence-corrected chi connectivity index (χ4v) is 1.67. The van der Waals surface area contributed by atoms with Gasteiger partial charge in [-0.1, -0.05) is 11.6 Å². The molecule has 0 unspecified atom stereocenters. The maximum Gasteiger partial charge on any atom is 0.259 e. The van der Waals surface area contributed by atoms with E-state index in [1.807, 2.05) is 0 Å². The van der Waals surface area contributed by atoms with Crippen LogP contribution in [0.3, 0.4) is 0 Å². The number of amides is 1. The third kappa shape index (κ3) is 2.95. The van der Waals surface area contributed by atoms with Gasteiger partial charge in [0, 0.05) is 10.7 Å². The lowest BCUT2D eigenvalue weighted by atomic mass is 10.2. The van der Waals surface area contributed by atoms with Crippen molar-refractivity contribution >= 4 is 28.9 Å². The minimum Gasteiger partial charge on any atom is -0.507 e. The van der Waals surface area contributed by atoms with E-state index in [0.29, 0.717) is 5.02 Å². The Balaban J connectivity index is 2.25. The van der Waals surface area contributed by atoms with E-state index in [9.17, 15) is 14.3 Å². The fraction of sp³-hybridized carbons (Fsp3) is 0. The van der Waals surface area contributed by atoms with Gasteiger partial charge < -0.3 is 16.2 Å². The molecule has 0 bridgehead atoms. The van der Waals surface area contributed by atoms with E-state index in [4.69, 9.17) is 17.3 Å². The number of phenolic OH excluding ortho intramolecular Hbond substituents is 1. The van der Waals surface area contributed by atoms with Crippen molar-refractivity contribution in [2.75, 3.05) is 11.1 Å². The zero-order valence-electron chi connectivity index (χ0n) is 9.65. The molecule has 0 radical (unpaired) electrons. The number of nitrogen functional groups attached to an aromatic ring is 1. The number of hydrogen-bond donors (Lipinski definition) is 3. The average Bonchev–Trinajstić information content (AvgIpc) is 2.36. The van der Waals surface area contributed by atoms with Crippen LogP contribution in [0.5, 0.6) is 5.75 Å². The van der Waals surface area contributed by atoms with Gasteiger partial charge in [0.25, 0.3) is 5.91 Å². The van der Waals surface area contributed by atoms with Crippen LogP contribution in [-0.2, 0) is 0 Å². The molecule has 6 heteroatoms. The smallest absolute Gasteiger partial charge is 0.259 e. The van der Waals surface area contributed by atoms with E-state index < -0.39 is 11.7 Å². The molecule has 0 heterocycles. The Kier molecular flexibility index (Phi) is 3.57. The Morgan fingerprint density at radius 3 is 2.68 bits per heavy atom. The molecule has 1 amide bonds. The lowest BCUT2D eigenvalue weighted by Crippen LogP contribution is -2.12. The summed E-state index contributed by atoms with van der Waals surface area (Å²) in [5.74, 6) is -1.44. The molecule has 0 atom stereocenters. The van der Waals surface area contributed by atoms with E-state index in [2.05, 4.69) is 5.32 Å². The van der Waals surface area contributed by atoms with Gasteiger partial charge in [0.05, 0.1) is 11.3 Å². The van der Waals surface area contributed by atoms with Crippen LogP contribution in [0, 0.1) is 5.82 Å². The van der Waals surface area contributed by atoms with Gasteiger partial charge in [-0.25, -0.2) is 4.39 Å². The van der Waals surface area contributed by atoms with Crippen molar-refractivity contribution in [1.29, 1.82) is 0 Å². The molecule has 0 aliphatic carbocycles. The fourth-order valence-electron chi connectivity index (χ4n) is 1.49. The van der Waals surface area contributed by atoms with Gasteiger partial charge in [-0.3, -0.25) is 4.79 Å². The number of carbonyl (C=O) groups is 1. The van der Waals surface area contributed by atoms with Crippen LogP contribution in [0.1, 0.15) is 10.4 Å². The minimum atomic E-state index is -0.631. The quantitative estimate of drug-likeness (QED) is 0.740. The topological polar surface area (TPSA) is 75.3 Å². The maximum atomic E-state index is 13.2. The lowest BCUT2D eigenvalue weighted by molar-refractivity contribution is 0.102. The lowest BCUT2D eigenvalue weighted by Gasteiger charge is -2.08. The van der Waals surface area contributed by atoms with Gasteiger partial charge in [0.1, 0.15) is 11.6 Å². The first-order valence-electron chi connectivity index (χ1n) is 5.32. The van der Waals surface area contributed by atoms with E-state index in [-0.39, 0.29) is 22.7 Å². The first kappa shape index (κ1) is 13.2. The largest absolute Gasteiger partial charge is 0.507 e. The first-order chi connectivity index (χ1) is 8.97. The molecular formula is C13H10ClFN2O2. The molecule has 0 aliphatic heterocycles. The SMILES string of the molecule is Nc1ccc(NC(=O)c2cc(Cl)ccc2O)cc1F. The van der Waals surface area contributed by atoms with E-state index >= 15 is 0 Å². The molecule has 4 N–H and O–H groups in total. The van der Waals surface area contributed by atoms with Crippen LogP contribution >= 0.6 is 11.6 Å². The second-order valence-electron chi connectivity index (χ2n) is 3.85. The Labute approximate surface area is 113 Å². The minimum absolute atomic E-state index is 0.00438. The highest BCUT2D eigenvalue weighted by Gasteiger charge is 2.12. The van der Waals surface area contributed by atoms with Gasteiger partial charge in [-0.05, 0) is 36.4 Å². The Hall–Kier alpha value is -2.27. The zero-order chi connectivity index (χ0) is 14.0. The molecule has 0 aromatic heterocycles. The highest BCUT2D eigenvalue weighted by Crippen LogP contribution is 2.23. The van der Waals surface area contributed by atoms with Crippen LogP contribution in [0.2, 0.25) is 5.02 Å². The Bertz CT molecular complexity index is 647. The zero-order valence-corrected chi connectivity index (χ0v) is 10.4. The number of benzene rings is 2. The van der Waals surface area contributed by atoms with E-state index in [0.717, 1.165) is 6.07 Å². The summed E-state index contributed by atoms with van der Waals surface area (Å²) < 4.78 is 13.2. The molecule has 2 aromatic rings. The van der Waals surface area contributed by atoms with E-state index in [1.165, 1.54) is 30.3 Å². The second kappa shape index (κ2) is 5.16. The van der Waals surface area contributed by atoms with Gasteiger partial charge in [0.15, 0.2) is 0 Å². The van der Waals surface area contributed by atoms with Crippen LogP contribution in [0.15, 0.2) is 36.4 Å². The van der Waals surface area contributed by atoms with Crippen molar-refractivity contribution in [2.45, 2.75) is 0 Å². The van der Waals surface area contributed by atoms with Crippen molar-refractivity contribution in [2.24, 2.45) is 0 Å². The molecule has 4 nitrogen and oxygen atoms in total. The summed E-state index contributed by atoms with van der Waals surface area (Å²) in [5, 5.41) is 12.3. The molecule has 0 saturated carbocycles. The van der Waals surface area contributed by atoms with Crippen molar-refractivity contribution in [1.82, 2.24) is 0 Å². The number of anilines is 2. The van der Waals surface area contributed by atoms with Crippen LogP contribution in [0.25, 0.3) is 0 Å². The molecular weight excluding hydrogens is 271 g/mol. The summed E-state index contributed by atoms with van der Waals surface area (Å²) in [6.07, 6.45) is 0. The standard InChI is InChI=1S/C13H10ClFN2O2/c14-7-1-4-12(18)9(5-7)13(19)17-8-2-3-11(16)10(15)6-8/h1-6,18H,16H2,(H,17,19). The van der Waals surface area contributed by atoms with Crippen molar-refractivity contribution in [3.05, 3.63) is 52.8 Å². The highest BCUT2D eigenvalue weighted by atomic mass is 35.5. The molecule has 98 valence electrons. The average molecular weight is 281 g/mol. The number of rotatable bonds is 2. The van der Waals surface area contributed by atoms with Crippen LogP contribution in [-0.4, -0.2) is 11.0 Å². The number of nitrogens with two attached hydrogens (primary N) is 1. The van der Waals surface area contributed by atoms with Crippen LogP contribution in [0.4, 0.5) is 15.8 Å². The number of halogens is 2. The van der Waals surface area contributed by atoms with Gasteiger partial charge >= 0.3 is 0 Å². The van der Waals surface area contributed by atoms with Crippen molar-refractivity contribution < 1.29 is 14.3 Å². The van der Waals surface area contributed by atoms with Crippen molar-refractivity contribution in [3.63, 3.8) is 0 Å². The van der Waals surface area contributed by atoms with Crippen LogP contribution < -0.4 is 11.1 Å². The molecule has 0 fully saturated rings. The molecule has 0 aliphatic rings. The summed E-state index contributed by atoms with van der Waals surface area (Å²) in [5.41, 5.74) is 5.56. The third-order valence-corrected chi connectivity index (χ3v) is 2.70. The number of hydrogen-bond acceptors (Lipinski definition) is 3. The number of carbonyl (C=O) groups excluding carboxylic acids is 1. The second-order valence-corrected chi connectivity index (χ2v) is 4.29. The predicted molar refractivity (Wildman–Crippen MR) is 71.9 cm³/mol. The molecule has 0 spiro atoms. The Morgan fingerprint density at radius 1 is 1.26 bits per heavy atom. The third-order valence-electron chi connectivity index (χ3n) is 2.46. The normalized spacial score (nSPS) is 10.2. The van der Waals surface area contributed by atoms with Gasteiger partial charge in [-0.2, -0.15) is 0 Å². The Morgan fingerprint density at radius 2 is 2.00 bits per heavy atom. The summed E-state index contributed by atoms with van der Waals surface area (Å²) in [7, 11) is 0. The highest BCUT2D eigenvalue weighted by molar-refractivity contribution is 6.31. The van der Waals surface area contributed by atoms with Crippen molar-refractivity contribution in [3.8, 4) is 5.75 Å². The number of aromatic hydroxyl groups is 1. The van der Waals surface area contributed by atoms with Gasteiger partial charge in [0.2, 0.25) is 0 Å². The summed E-state index contributed by atoms with van der Waals surface area (Å²) in [6, 6.07) is 7.97. The predicted octanol–water partition coefficient (Wildman–Crippen LogP) is 3.02. The summed E-state index contributed by atoms with van der Waals surface area (Å²) in [6.45, 7) is 0. The molecule has 2 aromatic carbocycles. The number of phenols is 1. The van der Waals surface area contributed by atoms with Gasteiger partial charge in [-0.15, -0.1) is 0 Å². The molecule has 0 saturated heterocycles. The monoisotopic (exact) mass is 280 g/mol. The number of nitrogens with one attached hydrogen (secondary N) is 1. The maximum absolute atomic E-state index is 13.2. The first-order valence-corrected chi connectivity index (χ1v) is 5.70. The molecule has 2 rings (SSSR count). The summed E-state index contributed by atoms with van der Waals surface area (Å²) in [4.78, 5) is 11.9. The molecule has 19 heavy (non-hydrogen) atoms. The van der Waals surface area contributed by atoms with E-state index in [1.54, 1.807) is 0 Å². The summed E-state index contributed by atoms with van der Waals surface area (Å²) >= 11 is 5.74.